The maximum atomic E-state index is 9.87. The van der Waals surface area contributed by atoms with E-state index in [0.29, 0.717) is 5.92 Å². The molecule has 12 heavy (non-hydrogen) atoms. The molecule has 0 aliphatic rings. The molecule has 0 saturated carbocycles. The van der Waals surface area contributed by atoms with E-state index in [1.165, 1.54) is 18.6 Å². The molecule has 2 heteroatoms. The monoisotopic (exact) mass is 190 g/mol. The van der Waals surface area contributed by atoms with Crippen molar-refractivity contribution in [2.45, 2.75) is 46.1 Å². The van der Waals surface area contributed by atoms with Crippen LogP contribution < -0.4 is 0 Å². The number of aliphatic hydroxyl groups is 1. The molecule has 0 fully saturated rings. The summed E-state index contributed by atoms with van der Waals surface area (Å²) in [5.41, 5.74) is -0.488. The highest BCUT2D eigenvalue weighted by Gasteiger charge is 2.24. The summed E-state index contributed by atoms with van der Waals surface area (Å²) >= 11 is 1.86. The van der Waals surface area contributed by atoms with Crippen LogP contribution in [0.15, 0.2) is 0 Å². The van der Waals surface area contributed by atoms with Crippen LogP contribution in [0.5, 0.6) is 0 Å². The van der Waals surface area contributed by atoms with Crippen molar-refractivity contribution in [2.75, 3.05) is 11.5 Å². The van der Waals surface area contributed by atoms with E-state index in [0.717, 1.165) is 5.75 Å². The third-order valence-corrected chi connectivity index (χ3v) is 3.65. The molecule has 0 spiro atoms. The van der Waals surface area contributed by atoms with E-state index in [1.807, 2.05) is 18.7 Å². The summed E-state index contributed by atoms with van der Waals surface area (Å²) in [5.74, 6) is 2.40. The largest absolute Gasteiger partial charge is 0.389 e. The molecule has 1 unspecified atom stereocenters. The lowest BCUT2D eigenvalue weighted by molar-refractivity contribution is 0.0376. The second-order valence-corrected chi connectivity index (χ2v) is 5.02. The molecule has 1 N–H and O–H groups in total. The van der Waals surface area contributed by atoms with Crippen LogP contribution in [0.2, 0.25) is 0 Å². The van der Waals surface area contributed by atoms with E-state index in [2.05, 4.69) is 20.8 Å². The van der Waals surface area contributed by atoms with E-state index in [1.54, 1.807) is 0 Å². The van der Waals surface area contributed by atoms with Crippen molar-refractivity contribution in [3.05, 3.63) is 0 Å². The third kappa shape index (κ3) is 5.04. The molecule has 1 atom stereocenters. The highest BCUT2D eigenvalue weighted by atomic mass is 32.2. The quantitative estimate of drug-likeness (QED) is 0.650. The summed E-state index contributed by atoms with van der Waals surface area (Å²) in [5, 5.41) is 9.87. The zero-order valence-electron chi connectivity index (χ0n) is 8.76. The minimum atomic E-state index is -0.488. The third-order valence-electron chi connectivity index (χ3n) is 2.28. The van der Waals surface area contributed by atoms with Crippen LogP contribution >= 0.6 is 11.8 Å². The van der Waals surface area contributed by atoms with Gasteiger partial charge in [0.25, 0.3) is 0 Å². The number of rotatable bonds is 6. The van der Waals surface area contributed by atoms with Crippen molar-refractivity contribution in [1.82, 2.24) is 0 Å². The second-order valence-electron chi connectivity index (χ2n) is 3.92. The van der Waals surface area contributed by atoms with Gasteiger partial charge in [0.2, 0.25) is 0 Å². The fourth-order valence-corrected chi connectivity index (χ4v) is 2.08. The molecule has 0 amide bonds. The van der Waals surface area contributed by atoms with Crippen molar-refractivity contribution in [1.29, 1.82) is 0 Å². The first kappa shape index (κ1) is 12.3. The van der Waals surface area contributed by atoms with Gasteiger partial charge in [-0.05, 0) is 25.0 Å². The highest BCUT2D eigenvalue weighted by Crippen LogP contribution is 2.21. The Morgan fingerprint density at radius 1 is 1.42 bits per heavy atom. The first-order valence-electron chi connectivity index (χ1n) is 4.80. The van der Waals surface area contributed by atoms with E-state index >= 15 is 0 Å². The van der Waals surface area contributed by atoms with Gasteiger partial charge < -0.3 is 5.11 Å². The maximum Gasteiger partial charge on any atom is 0.0732 e. The predicted octanol–water partition coefficient (Wildman–Crippen LogP) is 2.93. The fourth-order valence-electron chi connectivity index (χ4n) is 0.692. The Balaban J connectivity index is 3.47. The van der Waals surface area contributed by atoms with Gasteiger partial charge in [0.05, 0.1) is 5.60 Å². The Bertz CT molecular complexity index is 110. The number of thioether (sulfide) groups is 1. The van der Waals surface area contributed by atoms with Crippen LogP contribution in [0.3, 0.4) is 0 Å². The Morgan fingerprint density at radius 3 is 2.42 bits per heavy atom. The molecular formula is C10H22OS. The minimum absolute atomic E-state index is 0.353. The number of hydrogen-bond acceptors (Lipinski definition) is 2. The van der Waals surface area contributed by atoms with Gasteiger partial charge in [-0.3, -0.25) is 0 Å². The van der Waals surface area contributed by atoms with E-state index in [-0.39, 0.29) is 0 Å². The van der Waals surface area contributed by atoms with Crippen molar-refractivity contribution in [2.24, 2.45) is 5.92 Å². The van der Waals surface area contributed by atoms with Crippen molar-refractivity contribution < 1.29 is 5.11 Å². The van der Waals surface area contributed by atoms with Gasteiger partial charge in [0.15, 0.2) is 0 Å². The van der Waals surface area contributed by atoms with Gasteiger partial charge in [-0.15, -0.1) is 0 Å². The second kappa shape index (κ2) is 5.87. The normalized spacial score (nSPS) is 16.5. The predicted molar refractivity (Wildman–Crippen MR) is 57.7 cm³/mol. The summed E-state index contributed by atoms with van der Waals surface area (Å²) in [4.78, 5) is 0. The molecule has 0 rings (SSSR count). The van der Waals surface area contributed by atoms with E-state index in [9.17, 15) is 5.11 Å². The maximum absolute atomic E-state index is 9.87. The molecule has 0 aromatic carbocycles. The Morgan fingerprint density at radius 2 is 2.00 bits per heavy atom. The van der Waals surface area contributed by atoms with Crippen LogP contribution in [-0.4, -0.2) is 22.2 Å². The van der Waals surface area contributed by atoms with Crippen molar-refractivity contribution in [3.8, 4) is 0 Å². The summed E-state index contributed by atoms with van der Waals surface area (Å²) in [6.45, 7) is 8.26. The lowest BCUT2D eigenvalue weighted by Gasteiger charge is -2.27. The summed E-state index contributed by atoms with van der Waals surface area (Å²) in [6.07, 6.45) is 2.51. The average molecular weight is 190 g/mol. The van der Waals surface area contributed by atoms with Crippen molar-refractivity contribution >= 4 is 11.8 Å². The zero-order valence-corrected chi connectivity index (χ0v) is 9.58. The Labute approximate surface area is 80.9 Å². The summed E-state index contributed by atoms with van der Waals surface area (Å²) in [7, 11) is 0. The standard InChI is InChI=1S/C10H22OS/c1-5-6-7-12-8-10(4,11)9(2)3/h9,11H,5-8H2,1-4H3. The van der Waals surface area contributed by atoms with Gasteiger partial charge in [-0.25, -0.2) is 0 Å². The molecule has 1 nitrogen and oxygen atoms in total. The van der Waals surface area contributed by atoms with Gasteiger partial charge >= 0.3 is 0 Å². The number of hydrogen-bond donors (Lipinski definition) is 1. The van der Waals surface area contributed by atoms with E-state index in [4.69, 9.17) is 0 Å². The molecule has 0 heterocycles. The van der Waals surface area contributed by atoms with Crippen LogP contribution in [0.4, 0.5) is 0 Å². The van der Waals surface area contributed by atoms with Gasteiger partial charge in [0.1, 0.15) is 0 Å². The molecule has 0 aromatic heterocycles. The molecule has 0 radical (unpaired) electrons. The lowest BCUT2D eigenvalue weighted by Crippen LogP contribution is -2.33. The summed E-state index contributed by atoms with van der Waals surface area (Å²) < 4.78 is 0. The smallest absolute Gasteiger partial charge is 0.0732 e. The SMILES string of the molecule is CCCCSCC(C)(O)C(C)C. The molecule has 0 saturated heterocycles. The highest BCUT2D eigenvalue weighted by molar-refractivity contribution is 7.99. The van der Waals surface area contributed by atoms with Crippen LogP contribution in [0, 0.1) is 5.92 Å². The molecule has 0 aliphatic carbocycles. The van der Waals surface area contributed by atoms with Gasteiger partial charge in [0, 0.05) is 5.75 Å². The van der Waals surface area contributed by atoms with Crippen molar-refractivity contribution in [3.63, 3.8) is 0 Å². The van der Waals surface area contributed by atoms with Gasteiger partial charge in [-0.2, -0.15) is 11.8 Å². The molecule has 0 aliphatic heterocycles. The van der Waals surface area contributed by atoms with Gasteiger partial charge in [-0.1, -0.05) is 27.2 Å². The van der Waals surface area contributed by atoms with Crippen LogP contribution in [0.25, 0.3) is 0 Å². The van der Waals surface area contributed by atoms with Crippen LogP contribution in [0.1, 0.15) is 40.5 Å². The Kier molecular flexibility index (Phi) is 6.02. The molecule has 74 valence electrons. The molecular weight excluding hydrogens is 168 g/mol. The Hall–Kier alpha value is 0.310. The first-order valence-corrected chi connectivity index (χ1v) is 5.96. The minimum Gasteiger partial charge on any atom is -0.389 e. The number of unbranched alkanes of at least 4 members (excludes halogenated alkanes) is 1. The topological polar surface area (TPSA) is 20.2 Å². The lowest BCUT2D eigenvalue weighted by atomic mass is 9.95. The summed E-state index contributed by atoms with van der Waals surface area (Å²) in [6, 6.07) is 0. The first-order chi connectivity index (χ1) is 5.50. The van der Waals surface area contributed by atoms with E-state index < -0.39 is 5.60 Å². The van der Waals surface area contributed by atoms with Crippen LogP contribution in [-0.2, 0) is 0 Å². The molecule has 0 aromatic rings. The zero-order chi connectivity index (χ0) is 9.61. The molecule has 0 bridgehead atoms. The average Bonchev–Trinajstić information content (AvgIpc) is 1.98. The fraction of sp³-hybridized carbons (Fsp3) is 1.00.